The van der Waals surface area contributed by atoms with Crippen molar-refractivity contribution in [1.82, 2.24) is 5.32 Å². The fraction of sp³-hybridized carbons (Fsp3) is 0.917. The topological polar surface area (TPSA) is 58.6 Å². The molecule has 2 aliphatic heterocycles. The van der Waals surface area contributed by atoms with Crippen LogP contribution in [0.5, 0.6) is 0 Å². The van der Waals surface area contributed by atoms with E-state index < -0.39 is 5.97 Å². The van der Waals surface area contributed by atoms with Gasteiger partial charge in [-0.2, -0.15) is 0 Å². The Hall–Kier alpha value is -0.610. The van der Waals surface area contributed by atoms with E-state index in [9.17, 15) is 4.79 Å². The molecule has 4 nitrogen and oxygen atoms in total. The minimum Gasteiger partial charge on any atom is -0.480 e. The molecule has 4 heteroatoms. The lowest BCUT2D eigenvalue weighted by Crippen LogP contribution is -2.35. The number of carboxylic acid groups (broad SMARTS) is 1. The van der Waals surface area contributed by atoms with Crippen molar-refractivity contribution in [2.45, 2.75) is 63.1 Å². The molecular formula is C12H21NO3. The van der Waals surface area contributed by atoms with Gasteiger partial charge in [-0.15, -0.1) is 0 Å². The van der Waals surface area contributed by atoms with Crippen LogP contribution in [0, 0.1) is 0 Å². The van der Waals surface area contributed by atoms with Crippen molar-refractivity contribution in [2.24, 2.45) is 0 Å². The third-order valence-corrected chi connectivity index (χ3v) is 3.64. The summed E-state index contributed by atoms with van der Waals surface area (Å²) in [6.45, 7) is 0.924. The molecule has 2 heterocycles. The Morgan fingerprint density at radius 2 is 2.19 bits per heavy atom. The van der Waals surface area contributed by atoms with Crippen LogP contribution >= 0.6 is 0 Å². The van der Waals surface area contributed by atoms with Gasteiger partial charge < -0.3 is 15.2 Å². The second kappa shape index (κ2) is 5.64. The number of carbonyl (C=O) groups is 1. The van der Waals surface area contributed by atoms with Gasteiger partial charge in [-0.3, -0.25) is 4.79 Å². The summed E-state index contributed by atoms with van der Waals surface area (Å²) in [7, 11) is 0. The first-order valence-corrected chi connectivity index (χ1v) is 6.36. The van der Waals surface area contributed by atoms with Gasteiger partial charge in [0.1, 0.15) is 6.04 Å². The molecule has 0 spiro atoms. The Bertz CT molecular complexity index is 238. The van der Waals surface area contributed by atoms with E-state index in [1.54, 1.807) is 0 Å². The van der Waals surface area contributed by atoms with E-state index in [-0.39, 0.29) is 6.04 Å². The van der Waals surface area contributed by atoms with Gasteiger partial charge in [-0.1, -0.05) is 0 Å². The summed E-state index contributed by atoms with van der Waals surface area (Å²) in [6.07, 6.45) is 8.02. The molecule has 3 unspecified atom stereocenters. The van der Waals surface area contributed by atoms with E-state index in [2.05, 4.69) is 5.32 Å². The predicted octanol–water partition coefficient (Wildman–Crippen LogP) is 1.54. The van der Waals surface area contributed by atoms with Crippen LogP contribution in [0.2, 0.25) is 0 Å². The largest absolute Gasteiger partial charge is 0.480 e. The molecule has 2 aliphatic rings. The van der Waals surface area contributed by atoms with E-state index in [4.69, 9.17) is 9.84 Å². The van der Waals surface area contributed by atoms with Gasteiger partial charge in [0.25, 0.3) is 0 Å². The van der Waals surface area contributed by atoms with Crippen molar-refractivity contribution < 1.29 is 14.6 Å². The van der Waals surface area contributed by atoms with Gasteiger partial charge in [0, 0.05) is 12.6 Å². The van der Waals surface area contributed by atoms with E-state index in [0.29, 0.717) is 12.1 Å². The monoisotopic (exact) mass is 227 g/mol. The molecular weight excluding hydrogens is 206 g/mol. The van der Waals surface area contributed by atoms with Crippen LogP contribution < -0.4 is 5.32 Å². The molecule has 0 aromatic rings. The second-order valence-electron chi connectivity index (χ2n) is 4.90. The minimum absolute atomic E-state index is 0.312. The van der Waals surface area contributed by atoms with Crippen molar-refractivity contribution >= 4 is 5.97 Å². The molecule has 2 N–H and O–H groups in total. The highest BCUT2D eigenvalue weighted by molar-refractivity contribution is 5.73. The molecule has 3 atom stereocenters. The third kappa shape index (κ3) is 3.19. The average Bonchev–Trinajstić information content (AvgIpc) is 2.87. The first-order chi connectivity index (χ1) is 7.75. The number of ether oxygens (including phenoxy) is 1. The molecule has 16 heavy (non-hydrogen) atoms. The number of aliphatic carboxylic acids is 1. The molecule has 0 radical (unpaired) electrons. The SMILES string of the molecule is O=C(O)C1CCC(CCCC2CCCO2)N1. The van der Waals surface area contributed by atoms with E-state index in [0.717, 1.165) is 38.7 Å². The van der Waals surface area contributed by atoms with Gasteiger partial charge >= 0.3 is 5.97 Å². The first kappa shape index (κ1) is 11.9. The van der Waals surface area contributed by atoms with Gasteiger partial charge in [0.15, 0.2) is 0 Å². The van der Waals surface area contributed by atoms with Crippen LogP contribution in [0.4, 0.5) is 0 Å². The highest BCUT2D eigenvalue weighted by Crippen LogP contribution is 2.21. The summed E-state index contributed by atoms with van der Waals surface area (Å²) in [5, 5.41) is 12.0. The Kier molecular flexibility index (Phi) is 4.18. The van der Waals surface area contributed by atoms with Crippen molar-refractivity contribution in [3.8, 4) is 0 Å². The first-order valence-electron chi connectivity index (χ1n) is 6.36. The van der Waals surface area contributed by atoms with Crippen LogP contribution in [-0.4, -0.2) is 35.9 Å². The molecule has 92 valence electrons. The summed E-state index contributed by atoms with van der Waals surface area (Å²) < 4.78 is 5.56. The number of nitrogens with one attached hydrogen (secondary N) is 1. The fourth-order valence-corrected chi connectivity index (χ4v) is 2.71. The Morgan fingerprint density at radius 3 is 2.81 bits per heavy atom. The summed E-state index contributed by atoms with van der Waals surface area (Å²) in [4.78, 5) is 10.7. The molecule has 0 bridgehead atoms. The second-order valence-corrected chi connectivity index (χ2v) is 4.90. The smallest absolute Gasteiger partial charge is 0.320 e. The Morgan fingerprint density at radius 1 is 1.31 bits per heavy atom. The van der Waals surface area contributed by atoms with Crippen LogP contribution in [0.15, 0.2) is 0 Å². The standard InChI is InChI=1S/C12H21NO3/c14-12(15)11-7-6-9(13-11)3-1-4-10-5-2-8-16-10/h9-11,13H,1-8H2,(H,14,15). The van der Waals surface area contributed by atoms with E-state index in [1.165, 1.54) is 12.8 Å². The molecule has 2 saturated heterocycles. The zero-order chi connectivity index (χ0) is 11.4. The van der Waals surface area contributed by atoms with Crippen molar-refractivity contribution in [3.63, 3.8) is 0 Å². The Labute approximate surface area is 96.4 Å². The van der Waals surface area contributed by atoms with Gasteiger partial charge in [-0.05, 0) is 44.9 Å². The highest BCUT2D eigenvalue weighted by atomic mass is 16.5. The van der Waals surface area contributed by atoms with Crippen LogP contribution in [-0.2, 0) is 9.53 Å². The molecule has 0 aliphatic carbocycles. The lowest BCUT2D eigenvalue weighted by molar-refractivity contribution is -0.139. The van der Waals surface area contributed by atoms with Crippen molar-refractivity contribution in [2.75, 3.05) is 6.61 Å². The van der Waals surface area contributed by atoms with Gasteiger partial charge in [-0.25, -0.2) is 0 Å². The van der Waals surface area contributed by atoms with E-state index in [1.807, 2.05) is 0 Å². The van der Waals surface area contributed by atoms with E-state index >= 15 is 0 Å². The summed E-state index contributed by atoms with van der Waals surface area (Å²) in [6, 6.07) is 0.0928. The molecule has 0 aromatic carbocycles. The van der Waals surface area contributed by atoms with Gasteiger partial charge in [0.05, 0.1) is 6.10 Å². The van der Waals surface area contributed by atoms with Crippen LogP contribution in [0.3, 0.4) is 0 Å². The zero-order valence-electron chi connectivity index (χ0n) is 9.65. The molecule has 2 rings (SSSR count). The van der Waals surface area contributed by atoms with Crippen LogP contribution in [0.25, 0.3) is 0 Å². The lowest BCUT2D eigenvalue weighted by atomic mass is 10.0. The highest BCUT2D eigenvalue weighted by Gasteiger charge is 2.28. The maximum absolute atomic E-state index is 10.7. The molecule has 0 aromatic heterocycles. The lowest BCUT2D eigenvalue weighted by Gasteiger charge is -2.13. The summed E-state index contributed by atoms with van der Waals surface area (Å²) >= 11 is 0. The minimum atomic E-state index is -0.707. The van der Waals surface area contributed by atoms with Gasteiger partial charge in [0.2, 0.25) is 0 Å². The quantitative estimate of drug-likeness (QED) is 0.748. The van der Waals surface area contributed by atoms with Crippen molar-refractivity contribution in [3.05, 3.63) is 0 Å². The number of hydrogen-bond acceptors (Lipinski definition) is 3. The normalized spacial score (nSPS) is 34.4. The maximum Gasteiger partial charge on any atom is 0.320 e. The summed E-state index contributed by atoms with van der Waals surface area (Å²) in [5.41, 5.74) is 0. The summed E-state index contributed by atoms with van der Waals surface area (Å²) in [5.74, 6) is -0.707. The number of hydrogen-bond donors (Lipinski definition) is 2. The number of rotatable bonds is 5. The fourth-order valence-electron chi connectivity index (χ4n) is 2.71. The molecule has 2 fully saturated rings. The zero-order valence-corrected chi connectivity index (χ0v) is 9.65. The third-order valence-electron chi connectivity index (χ3n) is 3.64. The molecule has 0 amide bonds. The maximum atomic E-state index is 10.7. The van der Waals surface area contributed by atoms with Crippen LogP contribution in [0.1, 0.15) is 44.9 Å². The number of carboxylic acids is 1. The average molecular weight is 227 g/mol. The van der Waals surface area contributed by atoms with Crippen molar-refractivity contribution in [1.29, 1.82) is 0 Å². The predicted molar refractivity (Wildman–Crippen MR) is 60.4 cm³/mol. The molecule has 0 saturated carbocycles. The Balaban J connectivity index is 1.58.